The SMILES string of the molecule is COc1cc(C(C)NC(=O)CNC(=O)c2ccc(C)c(C)c2)cc(OC)c1OC. The van der Waals surface area contributed by atoms with Crippen molar-refractivity contribution in [2.45, 2.75) is 26.8 Å². The number of benzene rings is 2. The van der Waals surface area contributed by atoms with Crippen molar-refractivity contribution in [2.75, 3.05) is 27.9 Å². The second kappa shape index (κ2) is 9.82. The predicted molar refractivity (Wildman–Crippen MR) is 111 cm³/mol. The first-order valence-electron chi connectivity index (χ1n) is 9.25. The van der Waals surface area contributed by atoms with Crippen molar-refractivity contribution in [3.63, 3.8) is 0 Å². The maximum atomic E-state index is 12.3. The van der Waals surface area contributed by atoms with Gasteiger partial charge in [0, 0.05) is 5.56 Å². The molecule has 0 aliphatic carbocycles. The van der Waals surface area contributed by atoms with Gasteiger partial charge in [-0.25, -0.2) is 0 Å². The van der Waals surface area contributed by atoms with Gasteiger partial charge in [-0.15, -0.1) is 0 Å². The summed E-state index contributed by atoms with van der Waals surface area (Å²) in [5, 5.41) is 5.50. The molecule has 2 amide bonds. The van der Waals surface area contributed by atoms with Crippen LogP contribution in [0.1, 0.15) is 40.0 Å². The third-order valence-corrected chi connectivity index (χ3v) is 4.74. The number of amides is 2. The molecule has 0 heterocycles. The average molecular weight is 400 g/mol. The Kier molecular flexibility index (Phi) is 7.47. The molecular formula is C22H28N2O5. The van der Waals surface area contributed by atoms with Crippen LogP contribution in [0.2, 0.25) is 0 Å². The number of rotatable bonds is 8. The van der Waals surface area contributed by atoms with E-state index in [2.05, 4.69) is 10.6 Å². The fourth-order valence-electron chi connectivity index (χ4n) is 2.87. The van der Waals surface area contributed by atoms with Crippen LogP contribution in [-0.2, 0) is 4.79 Å². The summed E-state index contributed by atoms with van der Waals surface area (Å²) in [5.41, 5.74) is 3.45. The Morgan fingerprint density at radius 2 is 1.55 bits per heavy atom. The lowest BCUT2D eigenvalue weighted by atomic mass is 10.1. The summed E-state index contributed by atoms with van der Waals surface area (Å²) in [5.74, 6) is 0.905. The molecule has 2 aromatic rings. The van der Waals surface area contributed by atoms with Gasteiger partial charge in [0.05, 0.1) is 33.9 Å². The highest BCUT2D eigenvalue weighted by atomic mass is 16.5. The van der Waals surface area contributed by atoms with Gasteiger partial charge in [0.2, 0.25) is 11.7 Å². The number of nitrogens with one attached hydrogen (secondary N) is 2. The van der Waals surface area contributed by atoms with Crippen molar-refractivity contribution in [1.82, 2.24) is 10.6 Å². The highest BCUT2D eigenvalue weighted by Gasteiger charge is 2.18. The lowest BCUT2D eigenvalue weighted by molar-refractivity contribution is -0.120. The number of carbonyl (C=O) groups is 2. The summed E-state index contributed by atoms with van der Waals surface area (Å²) in [6.07, 6.45) is 0. The first kappa shape index (κ1) is 22.1. The number of methoxy groups -OCH3 is 3. The third kappa shape index (κ3) is 5.40. The number of ether oxygens (including phenoxy) is 3. The Balaban J connectivity index is 2.01. The van der Waals surface area contributed by atoms with Crippen LogP contribution >= 0.6 is 0 Å². The molecule has 2 rings (SSSR count). The van der Waals surface area contributed by atoms with Crippen molar-refractivity contribution in [3.05, 3.63) is 52.6 Å². The van der Waals surface area contributed by atoms with Crippen molar-refractivity contribution >= 4 is 11.8 Å². The smallest absolute Gasteiger partial charge is 0.251 e. The molecule has 0 saturated carbocycles. The van der Waals surface area contributed by atoms with Gasteiger partial charge < -0.3 is 24.8 Å². The van der Waals surface area contributed by atoms with Gasteiger partial charge in [0.1, 0.15) is 0 Å². The molecule has 0 radical (unpaired) electrons. The van der Waals surface area contributed by atoms with Gasteiger partial charge in [-0.1, -0.05) is 6.07 Å². The Labute approximate surface area is 171 Å². The van der Waals surface area contributed by atoms with Gasteiger partial charge in [0.25, 0.3) is 5.91 Å². The van der Waals surface area contributed by atoms with Crippen LogP contribution in [0.4, 0.5) is 0 Å². The molecule has 2 N–H and O–H groups in total. The molecule has 0 bridgehead atoms. The number of carbonyl (C=O) groups excluding carboxylic acids is 2. The summed E-state index contributed by atoms with van der Waals surface area (Å²) in [6.45, 7) is 5.64. The highest BCUT2D eigenvalue weighted by Crippen LogP contribution is 2.39. The molecule has 7 nitrogen and oxygen atoms in total. The van der Waals surface area contributed by atoms with E-state index in [1.807, 2.05) is 26.8 Å². The van der Waals surface area contributed by atoms with Crippen molar-refractivity contribution in [3.8, 4) is 17.2 Å². The molecule has 7 heteroatoms. The van der Waals surface area contributed by atoms with E-state index >= 15 is 0 Å². The van der Waals surface area contributed by atoms with Crippen molar-refractivity contribution in [2.24, 2.45) is 0 Å². The van der Waals surface area contributed by atoms with E-state index < -0.39 is 0 Å². The minimum atomic E-state index is -0.324. The number of hydrogen-bond donors (Lipinski definition) is 2. The highest BCUT2D eigenvalue weighted by molar-refractivity contribution is 5.96. The van der Waals surface area contributed by atoms with Crippen LogP contribution in [0, 0.1) is 13.8 Å². The van der Waals surface area contributed by atoms with Gasteiger partial charge in [-0.3, -0.25) is 9.59 Å². The lowest BCUT2D eigenvalue weighted by Crippen LogP contribution is -2.38. The van der Waals surface area contributed by atoms with E-state index in [9.17, 15) is 9.59 Å². The van der Waals surface area contributed by atoms with E-state index in [-0.39, 0.29) is 24.4 Å². The van der Waals surface area contributed by atoms with Crippen LogP contribution in [-0.4, -0.2) is 39.7 Å². The van der Waals surface area contributed by atoms with E-state index in [0.29, 0.717) is 22.8 Å². The van der Waals surface area contributed by atoms with E-state index in [1.165, 1.54) is 21.3 Å². The average Bonchev–Trinajstić information content (AvgIpc) is 2.72. The molecule has 156 valence electrons. The molecule has 0 aromatic heterocycles. The molecule has 0 aliphatic heterocycles. The quantitative estimate of drug-likeness (QED) is 0.712. The van der Waals surface area contributed by atoms with Gasteiger partial charge in [0.15, 0.2) is 11.5 Å². The van der Waals surface area contributed by atoms with Crippen LogP contribution < -0.4 is 24.8 Å². The minimum Gasteiger partial charge on any atom is -0.493 e. The Morgan fingerprint density at radius 3 is 2.07 bits per heavy atom. The van der Waals surface area contributed by atoms with Crippen LogP contribution in [0.3, 0.4) is 0 Å². The molecule has 29 heavy (non-hydrogen) atoms. The normalized spacial score (nSPS) is 11.4. The maximum Gasteiger partial charge on any atom is 0.251 e. The zero-order valence-corrected chi connectivity index (χ0v) is 17.7. The maximum absolute atomic E-state index is 12.3. The fraction of sp³-hybridized carbons (Fsp3) is 0.364. The molecule has 0 spiro atoms. The molecule has 0 saturated heterocycles. The number of hydrogen-bond acceptors (Lipinski definition) is 5. The van der Waals surface area contributed by atoms with Crippen LogP contribution in [0.25, 0.3) is 0 Å². The van der Waals surface area contributed by atoms with Gasteiger partial charge in [-0.05, 0) is 61.7 Å². The van der Waals surface area contributed by atoms with Crippen LogP contribution in [0.15, 0.2) is 30.3 Å². The summed E-state index contributed by atoms with van der Waals surface area (Å²) >= 11 is 0. The molecule has 2 aromatic carbocycles. The number of aryl methyl sites for hydroxylation is 2. The van der Waals surface area contributed by atoms with Gasteiger partial charge in [-0.2, -0.15) is 0 Å². The Hall–Kier alpha value is -3.22. The zero-order chi connectivity index (χ0) is 21.6. The van der Waals surface area contributed by atoms with Gasteiger partial charge >= 0.3 is 0 Å². The summed E-state index contributed by atoms with van der Waals surface area (Å²) in [7, 11) is 4.60. The Bertz CT molecular complexity index is 870. The topological polar surface area (TPSA) is 85.9 Å². The Morgan fingerprint density at radius 1 is 0.931 bits per heavy atom. The summed E-state index contributed by atoms with van der Waals surface area (Å²) in [6, 6.07) is 8.67. The van der Waals surface area contributed by atoms with Crippen molar-refractivity contribution in [1.29, 1.82) is 0 Å². The third-order valence-electron chi connectivity index (χ3n) is 4.74. The second-order valence-electron chi connectivity index (χ2n) is 6.73. The molecule has 0 fully saturated rings. The first-order valence-corrected chi connectivity index (χ1v) is 9.25. The van der Waals surface area contributed by atoms with E-state index in [0.717, 1.165) is 16.7 Å². The zero-order valence-electron chi connectivity index (χ0n) is 17.7. The summed E-state index contributed by atoms with van der Waals surface area (Å²) in [4.78, 5) is 24.6. The van der Waals surface area contributed by atoms with Crippen molar-refractivity contribution < 1.29 is 23.8 Å². The van der Waals surface area contributed by atoms with E-state index in [4.69, 9.17) is 14.2 Å². The largest absolute Gasteiger partial charge is 0.493 e. The standard InChI is InChI=1S/C22H28N2O5/c1-13-7-8-16(9-14(13)2)22(26)23-12-20(25)24-15(3)17-10-18(27-4)21(29-6)19(11-17)28-5/h7-11,15H,12H2,1-6H3,(H,23,26)(H,24,25). The predicted octanol–water partition coefficient (Wildman–Crippen LogP) is 2.94. The first-order chi connectivity index (χ1) is 13.8. The molecule has 1 unspecified atom stereocenters. The van der Waals surface area contributed by atoms with Crippen LogP contribution in [0.5, 0.6) is 17.2 Å². The minimum absolute atomic E-state index is 0.124. The molecular weight excluding hydrogens is 372 g/mol. The van der Waals surface area contributed by atoms with E-state index in [1.54, 1.807) is 24.3 Å². The monoisotopic (exact) mass is 400 g/mol. The molecule has 0 aliphatic rings. The lowest BCUT2D eigenvalue weighted by Gasteiger charge is -2.19. The fourth-order valence-corrected chi connectivity index (χ4v) is 2.87. The second-order valence-corrected chi connectivity index (χ2v) is 6.73. The molecule has 1 atom stereocenters. The summed E-state index contributed by atoms with van der Waals surface area (Å²) < 4.78 is 16.0.